The topological polar surface area (TPSA) is 73.7 Å². The molecule has 2 aromatic carbocycles. The molecule has 0 bridgehead atoms. The number of imidazole rings is 1. The fourth-order valence-corrected chi connectivity index (χ4v) is 5.59. The van der Waals surface area contributed by atoms with Crippen molar-refractivity contribution in [3.05, 3.63) is 48.8 Å². The van der Waals surface area contributed by atoms with Crippen LogP contribution in [-0.2, 0) is 16.6 Å². The minimum absolute atomic E-state index is 0.265. The molecular weight excluding hydrogens is 390 g/mol. The SMILES string of the molecule is O=S(=O)(c1ccc2c(c1)OCCO2)N1CCC(Cn2cnc3ccccc32)CC1. The highest BCUT2D eigenvalue weighted by atomic mass is 32.2. The van der Waals surface area contributed by atoms with Crippen molar-refractivity contribution in [2.24, 2.45) is 5.92 Å². The number of fused-ring (bicyclic) bond motifs is 2. The third-order valence-corrected chi connectivity index (χ3v) is 7.60. The third-order valence-electron chi connectivity index (χ3n) is 5.71. The summed E-state index contributed by atoms with van der Waals surface area (Å²) >= 11 is 0. The van der Waals surface area contributed by atoms with Gasteiger partial charge in [0.25, 0.3) is 0 Å². The van der Waals surface area contributed by atoms with Crippen molar-refractivity contribution in [1.82, 2.24) is 13.9 Å². The first-order chi connectivity index (χ1) is 14.1. The number of rotatable bonds is 4. The number of benzene rings is 2. The van der Waals surface area contributed by atoms with Gasteiger partial charge in [-0.1, -0.05) is 12.1 Å². The summed E-state index contributed by atoms with van der Waals surface area (Å²) in [4.78, 5) is 4.71. The van der Waals surface area contributed by atoms with E-state index < -0.39 is 10.0 Å². The Labute approximate surface area is 169 Å². The van der Waals surface area contributed by atoms with Gasteiger partial charge in [-0.05, 0) is 43.0 Å². The summed E-state index contributed by atoms with van der Waals surface area (Å²) in [5, 5.41) is 0. The van der Waals surface area contributed by atoms with E-state index in [2.05, 4.69) is 15.6 Å². The second-order valence-electron chi connectivity index (χ2n) is 7.54. The van der Waals surface area contributed by atoms with Gasteiger partial charge in [0.1, 0.15) is 13.2 Å². The number of aromatic nitrogens is 2. The summed E-state index contributed by atoms with van der Waals surface area (Å²) in [6, 6.07) is 12.9. The van der Waals surface area contributed by atoms with Gasteiger partial charge in [-0.3, -0.25) is 0 Å². The molecule has 1 saturated heterocycles. The van der Waals surface area contributed by atoms with Crippen molar-refractivity contribution < 1.29 is 17.9 Å². The van der Waals surface area contributed by atoms with Gasteiger partial charge in [0.2, 0.25) is 10.0 Å². The summed E-state index contributed by atoms with van der Waals surface area (Å²) in [5.41, 5.74) is 2.12. The first-order valence-electron chi connectivity index (χ1n) is 9.91. The maximum atomic E-state index is 13.1. The van der Waals surface area contributed by atoms with Crippen molar-refractivity contribution in [2.75, 3.05) is 26.3 Å². The van der Waals surface area contributed by atoms with Crippen LogP contribution in [0.5, 0.6) is 11.5 Å². The molecule has 0 amide bonds. The number of piperidine rings is 1. The van der Waals surface area contributed by atoms with Crippen molar-refractivity contribution in [3.8, 4) is 11.5 Å². The normalized spacial score (nSPS) is 18.2. The lowest BCUT2D eigenvalue weighted by Crippen LogP contribution is -2.39. The molecule has 0 atom stereocenters. The average molecular weight is 413 g/mol. The second-order valence-corrected chi connectivity index (χ2v) is 9.48. The summed E-state index contributed by atoms with van der Waals surface area (Å²) in [6.45, 7) is 2.82. The van der Waals surface area contributed by atoms with Crippen molar-refractivity contribution >= 4 is 21.1 Å². The van der Waals surface area contributed by atoms with Gasteiger partial charge in [-0.2, -0.15) is 4.31 Å². The highest BCUT2D eigenvalue weighted by molar-refractivity contribution is 7.89. The highest BCUT2D eigenvalue weighted by Gasteiger charge is 2.30. The molecule has 0 spiro atoms. The van der Waals surface area contributed by atoms with Crippen LogP contribution in [-0.4, -0.2) is 48.6 Å². The number of ether oxygens (including phenoxy) is 2. The van der Waals surface area contributed by atoms with Crippen molar-refractivity contribution in [1.29, 1.82) is 0 Å². The zero-order valence-electron chi connectivity index (χ0n) is 16.0. The molecule has 1 fully saturated rings. The average Bonchev–Trinajstić information content (AvgIpc) is 3.17. The molecule has 1 aromatic heterocycles. The van der Waals surface area contributed by atoms with Crippen LogP contribution < -0.4 is 9.47 Å². The molecule has 152 valence electrons. The molecule has 0 saturated carbocycles. The molecule has 0 aliphatic carbocycles. The zero-order chi connectivity index (χ0) is 19.8. The first kappa shape index (κ1) is 18.4. The molecule has 5 rings (SSSR count). The molecule has 0 unspecified atom stereocenters. The third kappa shape index (κ3) is 3.47. The van der Waals surface area contributed by atoms with Gasteiger partial charge in [0.05, 0.1) is 22.3 Å². The molecule has 0 N–H and O–H groups in total. The Kier molecular flexibility index (Phi) is 4.67. The van der Waals surface area contributed by atoms with Gasteiger partial charge in [0, 0.05) is 25.7 Å². The van der Waals surface area contributed by atoms with E-state index >= 15 is 0 Å². The lowest BCUT2D eigenvalue weighted by Gasteiger charge is -2.31. The van der Waals surface area contributed by atoms with E-state index in [0.717, 1.165) is 30.4 Å². The van der Waals surface area contributed by atoms with Gasteiger partial charge >= 0.3 is 0 Å². The fourth-order valence-electron chi connectivity index (χ4n) is 4.10. The fraction of sp³-hybridized carbons (Fsp3) is 0.381. The summed E-state index contributed by atoms with van der Waals surface area (Å²) in [6.07, 6.45) is 3.54. The van der Waals surface area contributed by atoms with Crippen LogP contribution >= 0.6 is 0 Å². The smallest absolute Gasteiger partial charge is 0.243 e. The number of sulfonamides is 1. The second kappa shape index (κ2) is 7.35. The Balaban J connectivity index is 1.27. The lowest BCUT2D eigenvalue weighted by molar-refractivity contribution is 0.171. The van der Waals surface area contributed by atoms with Crippen LogP contribution in [0.25, 0.3) is 11.0 Å². The Hall–Kier alpha value is -2.58. The number of para-hydroxylation sites is 2. The highest BCUT2D eigenvalue weighted by Crippen LogP contribution is 2.34. The molecule has 0 radical (unpaired) electrons. The van der Waals surface area contributed by atoms with Gasteiger partial charge < -0.3 is 14.0 Å². The van der Waals surface area contributed by atoms with E-state index in [-0.39, 0.29) is 4.90 Å². The first-order valence-corrected chi connectivity index (χ1v) is 11.3. The van der Waals surface area contributed by atoms with E-state index in [1.807, 2.05) is 24.5 Å². The molecule has 2 aliphatic heterocycles. The maximum Gasteiger partial charge on any atom is 0.243 e. The predicted molar refractivity (Wildman–Crippen MR) is 109 cm³/mol. The standard InChI is InChI=1S/C21H23N3O4S/c25-29(26,17-5-6-20-21(13-17)28-12-11-27-20)24-9-7-16(8-10-24)14-23-15-22-18-3-1-2-4-19(18)23/h1-6,13,15-16H,7-12,14H2. The van der Waals surface area contributed by atoms with Crippen LogP contribution in [0.2, 0.25) is 0 Å². The van der Waals surface area contributed by atoms with Crippen LogP contribution in [0.1, 0.15) is 12.8 Å². The predicted octanol–water partition coefficient (Wildman–Crippen LogP) is 2.91. The molecule has 2 aliphatic rings. The van der Waals surface area contributed by atoms with E-state index in [1.165, 1.54) is 0 Å². The van der Waals surface area contributed by atoms with Gasteiger partial charge in [0.15, 0.2) is 11.5 Å². The van der Waals surface area contributed by atoms with E-state index in [4.69, 9.17) is 9.47 Å². The summed E-state index contributed by atoms with van der Waals surface area (Å²) in [5.74, 6) is 1.53. The number of nitrogens with zero attached hydrogens (tertiary/aromatic N) is 3. The van der Waals surface area contributed by atoms with Crippen LogP contribution in [0, 0.1) is 5.92 Å². The van der Waals surface area contributed by atoms with Crippen molar-refractivity contribution in [3.63, 3.8) is 0 Å². The van der Waals surface area contributed by atoms with Crippen LogP contribution in [0.4, 0.5) is 0 Å². The quantitative estimate of drug-likeness (QED) is 0.658. The Morgan fingerprint density at radius 1 is 1.00 bits per heavy atom. The minimum atomic E-state index is -3.54. The van der Waals surface area contributed by atoms with E-state index in [9.17, 15) is 8.42 Å². The van der Waals surface area contributed by atoms with Gasteiger partial charge in [-0.15, -0.1) is 0 Å². The number of hydrogen-bond donors (Lipinski definition) is 0. The zero-order valence-corrected chi connectivity index (χ0v) is 16.8. The largest absolute Gasteiger partial charge is 0.486 e. The van der Waals surface area contributed by atoms with Gasteiger partial charge in [-0.25, -0.2) is 13.4 Å². The molecule has 8 heteroatoms. The molecule has 3 aromatic rings. The lowest BCUT2D eigenvalue weighted by atomic mass is 9.98. The molecule has 29 heavy (non-hydrogen) atoms. The Bertz CT molecular complexity index is 1130. The molecule has 3 heterocycles. The Morgan fingerprint density at radius 3 is 2.59 bits per heavy atom. The van der Waals surface area contributed by atoms with Crippen LogP contribution in [0.3, 0.4) is 0 Å². The van der Waals surface area contributed by atoms with Crippen molar-refractivity contribution in [2.45, 2.75) is 24.3 Å². The molecular formula is C21H23N3O4S. The van der Waals surface area contributed by atoms with E-state index in [1.54, 1.807) is 22.5 Å². The summed E-state index contributed by atoms with van der Waals surface area (Å²) < 4.78 is 41.0. The molecule has 7 nitrogen and oxygen atoms in total. The minimum Gasteiger partial charge on any atom is -0.486 e. The monoisotopic (exact) mass is 413 g/mol. The van der Waals surface area contributed by atoms with Crippen LogP contribution in [0.15, 0.2) is 53.7 Å². The summed E-state index contributed by atoms with van der Waals surface area (Å²) in [7, 11) is -3.54. The maximum absolute atomic E-state index is 13.1. The van der Waals surface area contributed by atoms with E-state index in [0.29, 0.717) is 43.7 Å². The Morgan fingerprint density at radius 2 is 1.76 bits per heavy atom. The number of hydrogen-bond acceptors (Lipinski definition) is 5.